The van der Waals surface area contributed by atoms with Gasteiger partial charge >= 0.3 is 0 Å². The predicted octanol–water partition coefficient (Wildman–Crippen LogP) is 5.44. The molecule has 0 amide bonds. The Balaban J connectivity index is 1.56. The van der Waals surface area contributed by atoms with Crippen LogP contribution in [0.4, 0.5) is 11.5 Å². The first kappa shape index (κ1) is 22.9. The van der Waals surface area contributed by atoms with Gasteiger partial charge in [-0.25, -0.2) is 15.0 Å². The summed E-state index contributed by atoms with van der Waals surface area (Å²) in [6.07, 6.45) is 1.57. The lowest BCUT2D eigenvalue weighted by Gasteiger charge is -2.32. The molecular formula is C25H29N5O2S. The van der Waals surface area contributed by atoms with Crippen molar-refractivity contribution in [1.29, 1.82) is 0 Å². The Morgan fingerprint density at radius 1 is 1.03 bits per heavy atom. The third-order valence-electron chi connectivity index (χ3n) is 5.71. The van der Waals surface area contributed by atoms with Crippen LogP contribution in [-0.4, -0.2) is 46.1 Å². The summed E-state index contributed by atoms with van der Waals surface area (Å²) in [6.45, 7) is 7.32. The van der Waals surface area contributed by atoms with E-state index in [1.165, 1.54) is 0 Å². The standard InChI is InChI=1S/C25H29N5O2S/c1-17-11-18(9-10-21(17)31-12-19-13-33-16-28-19)29-24-23-20(26-15-27-24)7-6-8-22(23)32-14-25(2,3)30(4)5/h6-11,13,15-16H,12,14H2,1-5H3,(H,26,27,29). The number of thiazole rings is 1. The molecule has 7 nitrogen and oxygen atoms in total. The molecule has 0 bridgehead atoms. The van der Waals surface area contributed by atoms with E-state index in [2.05, 4.69) is 53.1 Å². The number of aryl methyl sites for hydroxylation is 1. The molecule has 8 heteroatoms. The largest absolute Gasteiger partial charge is 0.491 e. The molecule has 0 aliphatic heterocycles. The summed E-state index contributed by atoms with van der Waals surface area (Å²) in [7, 11) is 4.10. The maximum absolute atomic E-state index is 6.25. The van der Waals surface area contributed by atoms with Crippen molar-refractivity contribution in [2.75, 3.05) is 26.0 Å². The Hall–Kier alpha value is -3.23. The van der Waals surface area contributed by atoms with Crippen LogP contribution in [0.15, 0.2) is 53.6 Å². The van der Waals surface area contributed by atoms with Crippen molar-refractivity contribution in [2.24, 2.45) is 0 Å². The zero-order valence-corrected chi connectivity index (χ0v) is 20.4. The van der Waals surface area contributed by atoms with Gasteiger partial charge in [-0.15, -0.1) is 11.3 Å². The van der Waals surface area contributed by atoms with Gasteiger partial charge in [0, 0.05) is 16.6 Å². The summed E-state index contributed by atoms with van der Waals surface area (Å²) in [5, 5.41) is 6.29. The Kier molecular flexibility index (Phi) is 6.76. The van der Waals surface area contributed by atoms with Crippen LogP contribution in [0.5, 0.6) is 11.5 Å². The van der Waals surface area contributed by atoms with Crippen LogP contribution in [0.1, 0.15) is 25.1 Å². The van der Waals surface area contributed by atoms with Gasteiger partial charge in [0.15, 0.2) is 0 Å². The van der Waals surface area contributed by atoms with Crippen LogP contribution in [0.2, 0.25) is 0 Å². The first-order chi connectivity index (χ1) is 15.8. The number of aromatic nitrogens is 3. The van der Waals surface area contributed by atoms with Gasteiger partial charge in [0.05, 0.1) is 22.1 Å². The van der Waals surface area contributed by atoms with Crippen LogP contribution >= 0.6 is 11.3 Å². The number of benzene rings is 2. The molecule has 0 saturated heterocycles. The zero-order chi connectivity index (χ0) is 23.4. The third-order valence-corrected chi connectivity index (χ3v) is 6.35. The van der Waals surface area contributed by atoms with E-state index in [0.717, 1.165) is 39.3 Å². The molecular weight excluding hydrogens is 434 g/mol. The van der Waals surface area contributed by atoms with Crippen LogP contribution in [0, 0.1) is 6.92 Å². The Labute approximate surface area is 198 Å². The molecule has 1 N–H and O–H groups in total. The summed E-state index contributed by atoms with van der Waals surface area (Å²) < 4.78 is 12.2. The van der Waals surface area contributed by atoms with Gasteiger partial charge in [-0.05, 0) is 70.8 Å². The summed E-state index contributed by atoms with van der Waals surface area (Å²) in [6, 6.07) is 11.9. The topological polar surface area (TPSA) is 72.4 Å². The van der Waals surface area contributed by atoms with Crippen molar-refractivity contribution < 1.29 is 9.47 Å². The van der Waals surface area contributed by atoms with Gasteiger partial charge in [-0.2, -0.15) is 0 Å². The number of nitrogens with zero attached hydrogens (tertiary/aromatic N) is 4. The lowest BCUT2D eigenvalue weighted by molar-refractivity contribution is 0.115. The number of anilines is 2. The van der Waals surface area contributed by atoms with Crippen molar-refractivity contribution in [2.45, 2.75) is 32.9 Å². The molecule has 2 aromatic carbocycles. The summed E-state index contributed by atoms with van der Waals surface area (Å²) in [5.74, 6) is 2.29. The molecule has 0 fully saturated rings. The third kappa shape index (κ3) is 5.40. The molecule has 2 aromatic heterocycles. The molecule has 0 aliphatic carbocycles. The van der Waals surface area contributed by atoms with E-state index in [1.807, 2.05) is 54.2 Å². The number of ether oxygens (including phenoxy) is 2. The van der Waals surface area contributed by atoms with Crippen LogP contribution in [0.25, 0.3) is 10.9 Å². The fraction of sp³-hybridized carbons (Fsp3) is 0.320. The number of fused-ring (bicyclic) bond motifs is 1. The molecule has 0 saturated carbocycles. The Morgan fingerprint density at radius 3 is 2.61 bits per heavy atom. The van der Waals surface area contributed by atoms with Crippen molar-refractivity contribution in [3.05, 3.63) is 64.9 Å². The maximum atomic E-state index is 6.25. The SMILES string of the molecule is Cc1cc(Nc2ncnc3cccc(OCC(C)(C)N(C)C)c23)ccc1OCc1cscn1. The summed E-state index contributed by atoms with van der Waals surface area (Å²) in [5.41, 5.74) is 5.39. The average Bonchev–Trinajstić information content (AvgIpc) is 3.31. The van der Waals surface area contributed by atoms with E-state index in [-0.39, 0.29) is 5.54 Å². The molecule has 0 atom stereocenters. The first-order valence-electron chi connectivity index (χ1n) is 10.7. The normalized spacial score (nSPS) is 11.7. The van der Waals surface area contributed by atoms with E-state index in [1.54, 1.807) is 17.7 Å². The molecule has 0 spiro atoms. The maximum Gasteiger partial charge on any atom is 0.145 e. The minimum absolute atomic E-state index is 0.114. The van der Waals surface area contributed by atoms with E-state index >= 15 is 0 Å². The second-order valence-electron chi connectivity index (χ2n) is 8.74. The lowest BCUT2D eigenvalue weighted by atomic mass is 10.1. The first-order valence-corrected chi connectivity index (χ1v) is 11.7. The molecule has 2 heterocycles. The molecule has 172 valence electrons. The molecule has 0 radical (unpaired) electrons. The number of hydrogen-bond donors (Lipinski definition) is 1. The van der Waals surface area contributed by atoms with Gasteiger partial charge < -0.3 is 19.7 Å². The number of rotatable bonds is 9. The van der Waals surface area contributed by atoms with E-state index in [4.69, 9.17) is 9.47 Å². The van der Waals surface area contributed by atoms with Crippen molar-refractivity contribution in [3.63, 3.8) is 0 Å². The predicted molar refractivity (Wildman–Crippen MR) is 134 cm³/mol. The van der Waals surface area contributed by atoms with E-state index in [9.17, 15) is 0 Å². The smallest absolute Gasteiger partial charge is 0.145 e. The number of likely N-dealkylation sites (N-methyl/N-ethyl adjacent to an activating group) is 1. The van der Waals surface area contributed by atoms with Crippen molar-refractivity contribution >= 4 is 33.7 Å². The highest BCUT2D eigenvalue weighted by atomic mass is 32.1. The van der Waals surface area contributed by atoms with Gasteiger partial charge in [0.2, 0.25) is 0 Å². The highest BCUT2D eigenvalue weighted by Crippen LogP contribution is 2.33. The van der Waals surface area contributed by atoms with E-state index < -0.39 is 0 Å². The van der Waals surface area contributed by atoms with Crippen LogP contribution < -0.4 is 14.8 Å². The minimum Gasteiger partial charge on any atom is -0.491 e. The molecule has 4 rings (SSSR count). The minimum atomic E-state index is -0.114. The number of hydrogen-bond acceptors (Lipinski definition) is 8. The van der Waals surface area contributed by atoms with Gasteiger partial charge in [0.25, 0.3) is 0 Å². The van der Waals surface area contributed by atoms with Gasteiger partial charge in [-0.1, -0.05) is 6.07 Å². The fourth-order valence-electron chi connectivity index (χ4n) is 3.16. The van der Waals surface area contributed by atoms with Gasteiger partial charge in [0.1, 0.15) is 36.9 Å². The van der Waals surface area contributed by atoms with Crippen LogP contribution in [0.3, 0.4) is 0 Å². The Morgan fingerprint density at radius 2 is 1.88 bits per heavy atom. The molecule has 0 aliphatic rings. The highest BCUT2D eigenvalue weighted by molar-refractivity contribution is 7.07. The highest BCUT2D eigenvalue weighted by Gasteiger charge is 2.22. The average molecular weight is 464 g/mol. The van der Waals surface area contributed by atoms with Crippen LogP contribution in [-0.2, 0) is 6.61 Å². The fourth-order valence-corrected chi connectivity index (χ4v) is 3.71. The monoisotopic (exact) mass is 463 g/mol. The molecule has 4 aromatic rings. The second-order valence-corrected chi connectivity index (χ2v) is 9.46. The summed E-state index contributed by atoms with van der Waals surface area (Å²) >= 11 is 1.56. The zero-order valence-electron chi connectivity index (χ0n) is 19.6. The lowest BCUT2D eigenvalue weighted by Crippen LogP contribution is -2.43. The molecule has 33 heavy (non-hydrogen) atoms. The Bertz CT molecular complexity index is 1220. The van der Waals surface area contributed by atoms with Crippen molar-refractivity contribution in [1.82, 2.24) is 19.9 Å². The quantitative estimate of drug-likeness (QED) is 0.354. The number of nitrogens with one attached hydrogen (secondary N) is 1. The van der Waals surface area contributed by atoms with Crippen molar-refractivity contribution in [3.8, 4) is 11.5 Å². The van der Waals surface area contributed by atoms with E-state index in [0.29, 0.717) is 19.0 Å². The second kappa shape index (κ2) is 9.72. The summed E-state index contributed by atoms with van der Waals surface area (Å²) in [4.78, 5) is 15.4. The molecule has 0 unspecified atom stereocenters. The van der Waals surface area contributed by atoms with Gasteiger partial charge in [-0.3, -0.25) is 0 Å².